The zero-order valence-corrected chi connectivity index (χ0v) is 14.1. The van der Waals surface area contributed by atoms with Crippen LogP contribution in [0.5, 0.6) is 0 Å². The normalized spacial score (nSPS) is 14.1. The van der Waals surface area contributed by atoms with Gasteiger partial charge in [0.25, 0.3) is 11.5 Å². The number of rotatable bonds is 6. The van der Waals surface area contributed by atoms with Gasteiger partial charge < -0.3 is 19.0 Å². The molecule has 0 radical (unpaired) electrons. The van der Waals surface area contributed by atoms with Gasteiger partial charge in [0.15, 0.2) is 5.69 Å². The molecule has 1 N–H and O–H groups in total. The van der Waals surface area contributed by atoms with E-state index in [1.165, 1.54) is 0 Å². The smallest absolute Gasteiger partial charge is 0.275 e. The van der Waals surface area contributed by atoms with Crippen LogP contribution < -0.4 is 10.9 Å². The van der Waals surface area contributed by atoms with Crippen molar-refractivity contribution in [3.63, 3.8) is 0 Å². The van der Waals surface area contributed by atoms with Gasteiger partial charge in [-0.1, -0.05) is 5.16 Å². The van der Waals surface area contributed by atoms with E-state index < -0.39 is 0 Å². The lowest BCUT2D eigenvalue weighted by molar-refractivity contribution is 0.0943. The Morgan fingerprint density at radius 1 is 1.32 bits per heavy atom. The van der Waals surface area contributed by atoms with Crippen molar-refractivity contribution < 1.29 is 9.32 Å². The average Bonchev–Trinajstić information content (AvgIpc) is 3.19. The number of amides is 1. The van der Waals surface area contributed by atoms with Crippen LogP contribution in [0.15, 0.2) is 39.9 Å². The summed E-state index contributed by atoms with van der Waals surface area (Å²) < 4.78 is 8.74. The van der Waals surface area contributed by atoms with E-state index in [2.05, 4.69) is 10.5 Å². The fraction of sp³-hybridized carbons (Fsp3) is 0.389. The first-order valence-corrected chi connectivity index (χ1v) is 8.60. The summed E-state index contributed by atoms with van der Waals surface area (Å²) in [6.07, 6.45) is 5.88. The summed E-state index contributed by atoms with van der Waals surface area (Å²) in [7, 11) is 0. The predicted molar refractivity (Wildman–Crippen MR) is 92.7 cm³/mol. The second-order valence-electron chi connectivity index (χ2n) is 6.36. The van der Waals surface area contributed by atoms with E-state index in [1.807, 2.05) is 29.8 Å². The van der Waals surface area contributed by atoms with Gasteiger partial charge in [0.05, 0.1) is 0 Å². The number of nitrogens with zero attached hydrogens (tertiary/aromatic N) is 3. The number of aryl methyl sites for hydroxylation is 1. The molecule has 0 bridgehead atoms. The van der Waals surface area contributed by atoms with Crippen molar-refractivity contribution in [2.75, 3.05) is 6.54 Å². The molecule has 1 saturated carbocycles. The highest BCUT2D eigenvalue weighted by molar-refractivity contribution is 5.92. The molecule has 1 aliphatic rings. The molecule has 0 unspecified atom stereocenters. The number of nitrogens with one attached hydrogen (secondary N) is 1. The lowest BCUT2D eigenvalue weighted by Gasteiger charge is -2.08. The van der Waals surface area contributed by atoms with Crippen molar-refractivity contribution in [3.05, 3.63) is 52.4 Å². The quantitative estimate of drug-likeness (QED) is 0.745. The van der Waals surface area contributed by atoms with Crippen LogP contribution in [0.25, 0.3) is 10.9 Å². The second-order valence-corrected chi connectivity index (χ2v) is 6.36. The van der Waals surface area contributed by atoms with Gasteiger partial charge in [-0.05, 0) is 31.9 Å². The van der Waals surface area contributed by atoms with Crippen LogP contribution in [0.1, 0.15) is 41.9 Å². The number of aromatic nitrogens is 3. The molecule has 1 amide bonds. The van der Waals surface area contributed by atoms with E-state index in [0.717, 1.165) is 30.5 Å². The summed E-state index contributed by atoms with van der Waals surface area (Å²) in [5, 5.41) is 7.54. The summed E-state index contributed by atoms with van der Waals surface area (Å²) in [5.74, 6) is 0.933. The highest BCUT2D eigenvalue weighted by Crippen LogP contribution is 2.40. The highest BCUT2D eigenvalue weighted by atomic mass is 16.5. The number of hydrogen-bond donors (Lipinski definition) is 1. The Morgan fingerprint density at radius 2 is 2.08 bits per heavy atom. The minimum atomic E-state index is -0.276. The summed E-state index contributed by atoms with van der Waals surface area (Å²) in [6.45, 7) is 3.50. The van der Waals surface area contributed by atoms with Crippen LogP contribution in [-0.4, -0.2) is 26.7 Å². The van der Waals surface area contributed by atoms with E-state index in [9.17, 15) is 9.59 Å². The van der Waals surface area contributed by atoms with Gasteiger partial charge in [0, 0.05) is 49.4 Å². The van der Waals surface area contributed by atoms with Crippen LogP contribution >= 0.6 is 0 Å². The van der Waals surface area contributed by atoms with E-state index >= 15 is 0 Å². The van der Waals surface area contributed by atoms with Gasteiger partial charge in [-0.2, -0.15) is 0 Å². The van der Waals surface area contributed by atoms with Crippen molar-refractivity contribution in [1.29, 1.82) is 0 Å². The third kappa shape index (κ3) is 2.97. The Labute approximate surface area is 144 Å². The summed E-state index contributed by atoms with van der Waals surface area (Å²) >= 11 is 0. The molecule has 4 rings (SSSR count). The minimum absolute atomic E-state index is 0.0453. The topological polar surface area (TPSA) is 82.1 Å². The Bertz CT molecular complexity index is 978. The van der Waals surface area contributed by atoms with Crippen molar-refractivity contribution in [1.82, 2.24) is 19.6 Å². The molecule has 3 aromatic heterocycles. The second kappa shape index (κ2) is 6.23. The fourth-order valence-electron chi connectivity index (χ4n) is 3.02. The number of fused-ring (bicyclic) bond motifs is 1. The molecule has 0 atom stereocenters. The first-order chi connectivity index (χ1) is 12.2. The van der Waals surface area contributed by atoms with Crippen molar-refractivity contribution in [2.45, 2.75) is 38.8 Å². The van der Waals surface area contributed by atoms with Crippen LogP contribution in [0.2, 0.25) is 0 Å². The zero-order chi connectivity index (χ0) is 17.4. The Morgan fingerprint density at radius 3 is 2.80 bits per heavy atom. The third-order valence-corrected chi connectivity index (χ3v) is 4.61. The van der Waals surface area contributed by atoms with Gasteiger partial charge in [0.1, 0.15) is 11.3 Å². The fourth-order valence-corrected chi connectivity index (χ4v) is 3.02. The maximum atomic E-state index is 12.6. The van der Waals surface area contributed by atoms with Gasteiger partial charge in [-0.25, -0.2) is 0 Å². The largest absolute Gasteiger partial charge is 0.360 e. The summed E-state index contributed by atoms with van der Waals surface area (Å²) in [5.41, 5.74) is 0.947. The molecule has 0 spiro atoms. The number of carbonyl (C=O) groups is 1. The first kappa shape index (κ1) is 15.7. The van der Waals surface area contributed by atoms with Gasteiger partial charge in [-0.3, -0.25) is 9.59 Å². The van der Waals surface area contributed by atoms with Crippen LogP contribution in [-0.2, 0) is 13.1 Å². The van der Waals surface area contributed by atoms with Crippen LogP contribution in [0.3, 0.4) is 0 Å². The molecule has 0 saturated heterocycles. The van der Waals surface area contributed by atoms with Gasteiger partial charge in [0.2, 0.25) is 0 Å². The Kier molecular flexibility index (Phi) is 3.91. The lowest BCUT2D eigenvalue weighted by Crippen LogP contribution is -2.31. The molecule has 7 nitrogen and oxygen atoms in total. The number of hydrogen-bond acceptors (Lipinski definition) is 4. The van der Waals surface area contributed by atoms with E-state index in [1.54, 1.807) is 16.8 Å². The molecule has 0 aromatic carbocycles. The molecule has 3 heterocycles. The molecule has 25 heavy (non-hydrogen) atoms. The number of carbonyl (C=O) groups excluding carboxylic acids is 1. The summed E-state index contributed by atoms with van der Waals surface area (Å²) in [4.78, 5) is 24.7. The Hall–Kier alpha value is -2.83. The van der Waals surface area contributed by atoms with Crippen molar-refractivity contribution in [2.24, 2.45) is 0 Å². The molecular weight excluding hydrogens is 320 g/mol. The van der Waals surface area contributed by atoms with E-state index in [-0.39, 0.29) is 11.5 Å². The molecule has 1 fully saturated rings. The predicted octanol–water partition coefficient (Wildman–Crippen LogP) is 2.12. The lowest BCUT2D eigenvalue weighted by atomic mass is 10.3. The number of pyridine rings is 1. The standard InChI is InChI=1S/C18H20N4O3/c1-2-21-8-5-13-6-9-22(18(24)16(13)21)10-7-19-17(23)14-11-15(25-20-14)12-3-4-12/h5-6,8-9,11-12H,2-4,7,10H2,1H3,(H,19,23). The van der Waals surface area contributed by atoms with Gasteiger partial charge in [-0.15, -0.1) is 0 Å². The monoisotopic (exact) mass is 340 g/mol. The highest BCUT2D eigenvalue weighted by Gasteiger charge is 2.28. The average molecular weight is 340 g/mol. The maximum absolute atomic E-state index is 12.6. The first-order valence-electron chi connectivity index (χ1n) is 8.60. The van der Waals surface area contributed by atoms with Crippen LogP contribution in [0, 0.1) is 0 Å². The zero-order valence-electron chi connectivity index (χ0n) is 14.1. The third-order valence-electron chi connectivity index (χ3n) is 4.61. The van der Waals surface area contributed by atoms with Crippen molar-refractivity contribution >= 4 is 16.8 Å². The molecule has 7 heteroatoms. The van der Waals surface area contributed by atoms with E-state index in [0.29, 0.717) is 30.2 Å². The minimum Gasteiger partial charge on any atom is -0.360 e. The van der Waals surface area contributed by atoms with Crippen LogP contribution in [0.4, 0.5) is 0 Å². The molecule has 0 aliphatic heterocycles. The summed E-state index contributed by atoms with van der Waals surface area (Å²) in [6, 6.07) is 5.57. The van der Waals surface area contributed by atoms with E-state index in [4.69, 9.17) is 4.52 Å². The SMILES string of the molecule is CCn1ccc2ccn(CCNC(=O)c3cc(C4CC4)on3)c(=O)c21. The maximum Gasteiger partial charge on any atom is 0.275 e. The molecule has 1 aliphatic carbocycles. The van der Waals surface area contributed by atoms with Crippen molar-refractivity contribution in [3.8, 4) is 0 Å². The molecule has 130 valence electrons. The molecular formula is C18H20N4O3. The van der Waals surface area contributed by atoms with Gasteiger partial charge >= 0.3 is 0 Å². The Balaban J connectivity index is 1.42. The molecule has 3 aromatic rings.